The summed E-state index contributed by atoms with van der Waals surface area (Å²) in [6, 6.07) is 11.4. The molecule has 0 N–H and O–H groups in total. The normalized spacial score (nSPS) is 15.1. The summed E-state index contributed by atoms with van der Waals surface area (Å²) >= 11 is 3.07. The van der Waals surface area contributed by atoms with Gasteiger partial charge in [0.05, 0.1) is 5.57 Å². The van der Waals surface area contributed by atoms with Crippen LogP contribution in [0.5, 0.6) is 0 Å². The first-order chi connectivity index (χ1) is 14.2. The van der Waals surface area contributed by atoms with Crippen molar-refractivity contribution in [2.24, 2.45) is 0 Å². The molecule has 0 spiro atoms. The third kappa shape index (κ3) is 2.45. The monoisotopic (exact) mass is 413 g/mol. The van der Waals surface area contributed by atoms with E-state index in [1.54, 1.807) is 29.8 Å². The Labute approximate surface area is 172 Å². The van der Waals surface area contributed by atoms with Gasteiger partial charge in [-0.15, -0.1) is 22.7 Å². The SMILES string of the molecule is O=C1/C(=C/c2ccc(-n3ccc4nccnc43)s2)C(=O)c2cc3sccc3cc21. The molecule has 0 radical (unpaired) electrons. The van der Waals surface area contributed by atoms with E-state index in [0.717, 1.165) is 31.1 Å². The van der Waals surface area contributed by atoms with Crippen molar-refractivity contribution < 1.29 is 9.59 Å². The molecule has 6 rings (SSSR count). The molecule has 1 aliphatic rings. The molecule has 29 heavy (non-hydrogen) atoms. The van der Waals surface area contributed by atoms with Gasteiger partial charge < -0.3 is 0 Å². The predicted octanol–water partition coefficient (Wildman–Crippen LogP) is 5.16. The number of allylic oxidation sites excluding steroid dienone is 1. The molecule has 0 saturated carbocycles. The molecule has 0 aliphatic heterocycles. The Morgan fingerprint density at radius 2 is 1.76 bits per heavy atom. The molecule has 5 aromatic rings. The molecule has 0 fully saturated rings. The van der Waals surface area contributed by atoms with E-state index in [1.807, 2.05) is 52.5 Å². The summed E-state index contributed by atoms with van der Waals surface area (Å²) in [5.74, 6) is -0.405. The number of Topliss-reactive ketones (excluding diaryl/α,β-unsaturated/α-hetero) is 2. The topological polar surface area (TPSA) is 64.8 Å². The van der Waals surface area contributed by atoms with Crippen LogP contribution in [0.4, 0.5) is 0 Å². The Morgan fingerprint density at radius 3 is 2.66 bits per heavy atom. The van der Waals surface area contributed by atoms with Gasteiger partial charge in [0.25, 0.3) is 0 Å². The van der Waals surface area contributed by atoms with Gasteiger partial charge in [-0.1, -0.05) is 0 Å². The molecule has 0 bridgehead atoms. The molecule has 0 unspecified atom stereocenters. The van der Waals surface area contributed by atoms with Crippen molar-refractivity contribution in [1.29, 1.82) is 0 Å². The highest BCUT2D eigenvalue weighted by Crippen LogP contribution is 2.34. The molecule has 0 amide bonds. The summed E-state index contributed by atoms with van der Waals surface area (Å²) < 4.78 is 2.97. The van der Waals surface area contributed by atoms with E-state index in [-0.39, 0.29) is 17.1 Å². The Hall–Kier alpha value is -3.42. The lowest BCUT2D eigenvalue weighted by Crippen LogP contribution is -1.99. The predicted molar refractivity (Wildman–Crippen MR) is 115 cm³/mol. The van der Waals surface area contributed by atoms with Crippen LogP contribution in [0, 0.1) is 0 Å². The quantitative estimate of drug-likeness (QED) is 0.296. The summed E-state index contributed by atoms with van der Waals surface area (Å²) in [5.41, 5.74) is 2.81. The van der Waals surface area contributed by atoms with E-state index in [1.165, 1.54) is 11.3 Å². The highest BCUT2D eigenvalue weighted by atomic mass is 32.1. The summed E-state index contributed by atoms with van der Waals surface area (Å²) in [5, 5.41) is 3.91. The van der Waals surface area contributed by atoms with Crippen LogP contribution in [0.25, 0.3) is 32.3 Å². The molecule has 4 heterocycles. The van der Waals surface area contributed by atoms with Gasteiger partial charge >= 0.3 is 0 Å². The zero-order valence-electron chi connectivity index (χ0n) is 14.8. The highest BCUT2D eigenvalue weighted by molar-refractivity contribution is 7.17. The number of rotatable bonds is 2. The summed E-state index contributed by atoms with van der Waals surface area (Å²) in [7, 11) is 0. The van der Waals surface area contributed by atoms with E-state index >= 15 is 0 Å². The highest BCUT2D eigenvalue weighted by Gasteiger charge is 2.33. The third-order valence-electron chi connectivity index (χ3n) is 5.02. The van der Waals surface area contributed by atoms with Gasteiger partial charge in [-0.3, -0.25) is 19.1 Å². The average molecular weight is 413 g/mol. The van der Waals surface area contributed by atoms with Crippen LogP contribution in [0.1, 0.15) is 25.6 Å². The van der Waals surface area contributed by atoms with Gasteiger partial charge in [0.2, 0.25) is 0 Å². The molecular weight excluding hydrogens is 402 g/mol. The Kier molecular flexibility index (Phi) is 3.44. The molecule has 1 aliphatic carbocycles. The second-order valence-corrected chi connectivity index (χ2v) is 8.74. The van der Waals surface area contributed by atoms with Crippen LogP contribution in [0.15, 0.2) is 65.9 Å². The number of ketones is 2. The first-order valence-corrected chi connectivity index (χ1v) is 10.6. The van der Waals surface area contributed by atoms with Crippen molar-refractivity contribution in [3.63, 3.8) is 0 Å². The van der Waals surface area contributed by atoms with Crippen LogP contribution in [-0.4, -0.2) is 26.1 Å². The second-order valence-electron chi connectivity index (χ2n) is 6.70. The van der Waals surface area contributed by atoms with Gasteiger partial charge in [-0.2, -0.15) is 0 Å². The molecule has 0 atom stereocenters. The second kappa shape index (κ2) is 6.04. The van der Waals surface area contributed by atoms with Crippen LogP contribution in [0.3, 0.4) is 0 Å². The molecular formula is C22H11N3O2S2. The molecule has 1 aromatic carbocycles. The third-order valence-corrected chi connectivity index (χ3v) is 6.93. The zero-order valence-corrected chi connectivity index (χ0v) is 16.5. The fraction of sp³-hybridized carbons (Fsp3) is 0. The summed E-state index contributed by atoms with van der Waals surface area (Å²) in [6.45, 7) is 0. The van der Waals surface area contributed by atoms with Crippen molar-refractivity contribution in [3.8, 4) is 5.00 Å². The summed E-state index contributed by atoms with van der Waals surface area (Å²) in [4.78, 5) is 35.3. The largest absolute Gasteiger partial charge is 0.291 e. The number of aromatic nitrogens is 3. The molecule has 7 heteroatoms. The Balaban J connectivity index is 1.41. The van der Waals surface area contributed by atoms with E-state index in [0.29, 0.717) is 11.1 Å². The standard InChI is InChI=1S/C22H11N3O2S2/c26-20-14-9-12-4-8-28-18(12)11-15(14)21(27)16(20)10-13-1-2-19(29-13)25-7-3-17-22(25)24-6-5-23-17/h1-11H/b16-10-. The lowest BCUT2D eigenvalue weighted by molar-refractivity contribution is 0.0990. The number of hydrogen-bond donors (Lipinski definition) is 0. The maximum Gasteiger partial charge on any atom is 0.197 e. The zero-order chi connectivity index (χ0) is 19.5. The van der Waals surface area contributed by atoms with Gasteiger partial charge in [0.15, 0.2) is 17.2 Å². The van der Waals surface area contributed by atoms with Crippen molar-refractivity contribution in [1.82, 2.24) is 14.5 Å². The molecule has 5 nitrogen and oxygen atoms in total. The van der Waals surface area contributed by atoms with Gasteiger partial charge in [-0.25, -0.2) is 4.98 Å². The van der Waals surface area contributed by atoms with Crippen molar-refractivity contribution >= 4 is 61.6 Å². The van der Waals surface area contributed by atoms with Crippen LogP contribution in [0.2, 0.25) is 0 Å². The fourth-order valence-corrected chi connectivity index (χ4v) is 5.39. The minimum Gasteiger partial charge on any atom is -0.291 e. The summed E-state index contributed by atoms with van der Waals surface area (Å²) in [6.07, 6.45) is 6.94. The van der Waals surface area contributed by atoms with Crippen molar-refractivity contribution in [2.75, 3.05) is 0 Å². The number of carbonyl (C=O) groups is 2. The molecule has 138 valence electrons. The number of nitrogens with zero attached hydrogens (tertiary/aromatic N) is 3. The first-order valence-electron chi connectivity index (χ1n) is 8.90. The van der Waals surface area contributed by atoms with Crippen molar-refractivity contribution in [3.05, 3.63) is 81.9 Å². The Morgan fingerprint density at radius 1 is 0.931 bits per heavy atom. The molecule has 4 aromatic heterocycles. The van der Waals surface area contributed by atoms with E-state index < -0.39 is 0 Å². The lowest BCUT2D eigenvalue weighted by atomic mass is 10.1. The van der Waals surface area contributed by atoms with Crippen LogP contribution >= 0.6 is 22.7 Å². The smallest absolute Gasteiger partial charge is 0.197 e. The number of carbonyl (C=O) groups excluding carboxylic acids is 2. The van der Waals surface area contributed by atoms with E-state index in [2.05, 4.69) is 9.97 Å². The number of fused-ring (bicyclic) bond motifs is 3. The minimum atomic E-state index is -0.203. The van der Waals surface area contributed by atoms with Gasteiger partial charge in [0.1, 0.15) is 10.5 Å². The average Bonchev–Trinajstić information content (AvgIpc) is 3.50. The van der Waals surface area contributed by atoms with E-state index in [9.17, 15) is 9.59 Å². The molecule has 0 saturated heterocycles. The number of thiophene rings is 2. The van der Waals surface area contributed by atoms with Crippen LogP contribution < -0.4 is 0 Å². The van der Waals surface area contributed by atoms with Crippen LogP contribution in [-0.2, 0) is 0 Å². The van der Waals surface area contributed by atoms with Gasteiger partial charge in [-0.05, 0) is 53.2 Å². The first kappa shape index (κ1) is 16.5. The van der Waals surface area contributed by atoms with E-state index in [4.69, 9.17) is 0 Å². The minimum absolute atomic E-state index is 0.201. The number of hydrogen-bond acceptors (Lipinski definition) is 6. The fourth-order valence-electron chi connectivity index (χ4n) is 3.64. The maximum absolute atomic E-state index is 12.9. The lowest BCUT2D eigenvalue weighted by Gasteiger charge is -1.99. The Bertz CT molecular complexity index is 1450. The van der Waals surface area contributed by atoms with Crippen molar-refractivity contribution in [2.45, 2.75) is 0 Å². The van der Waals surface area contributed by atoms with Gasteiger partial charge in [0, 0.05) is 39.3 Å². The maximum atomic E-state index is 12.9. The number of benzene rings is 1.